The first-order chi connectivity index (χ1) is 10.5. The summed E-state index contributed by atoms with van der Waals surface area (Å²) in [5.74, 6) is 6.05. The van der Waals surface area contributed by atoms with E-state index in [9.17, 15) is 4.79 Å². The third-order valence-electron chi connectivity index (χ3n) is 3.65. The first-order valence-electron chi connectivity index (χ1n) is 7.47. The van der Waals surface area contributed by atoms with Gasteiger partial charge in [-0.3, -0.25) is 4.79 Å². The first-order valence-corrected chi connectivity index (χ1v) is 7.47. The molecule has 0 bridgehead atoms. The second-order valence-electron chi connectivity index (χ2n) is 6.26. The Morgan fingerprint density at radius 2 is 2.04 bits per heavy atom. The van der Waals surface area contributed by atoms with Gasteiger partial charge < -0.3 is 4.90 Å². The Kier molecular flexibility index (Phi) is 8.39. The predicted molar refractivity (Wildman–Crippen MR) is 89.3 cm³/mol. The van der Waals surface area contributed by atoms with Gasteiger partial charge in [-0.25, -0.2) is 24.7 Å². The van der Waals surface area contributed by atoms with Gasteiger partial charge in [0.25, 0.3) is 0 Å². The van der Waals surface area contributed by atoms with Crippen LogP contribution in [-0.2, 0) is 4.79 Å². The van der Waals surface area contributed by atoms with Crippen molar-refractivity contribution in [3.05, 3.63) is 66.7 Å². The summed E-state index contributed by atoms with van der Waals surface area (Å²) in [7, 11) is 0. The van der Waals surface area contributed by atoms with Gasteiger partial charge in [-0.2, -0.15) is 5.57 Å². The molecule has 1 saturated heterocycles. The molecule has 0 unspecified atom stereocenters. The van der Waals surface area contributed by atoms with Crippen molar-refractivity contribution in [1.82, 2.24) is 4.90 Å². The molecule has 1 heterocycles. The van der Waals surface area contributed by atoms with Gasteiger partial charge in [-0.05, 0) is 24.0 Å². The molecule has 0 N–H and O–H groups in total. The van der Waals surface area contributed by atoms with Crippen molar-refractivity contribution in [1.29, 1.82) is 0 Å². The zero-order valence-corrected chi connectivity index (χ0v) is 17.3. The van der Waals surface area contributed by atoms with Gasteiger partial charge in [0, 0.05) is 18.5 Å². The van der Waals surface area contributed by atoms with E-state index in [-0.39, 0.29) is 62.7 Å². The molecular weight excluding hydrogens is 309 g/mol. The Bertz CT molecular complexity index is 635. The van der Waals surface area contributed by atoms with Crippen LogP contribution in [0.4, 0.5) is 0 Å². The van der Waals surface area contributed by atoms with Crippen LogP contribution in [0.5, 0.6) is 0 Å². The molecule has 1 aliphatic rings. The largest absolute Gasteiger partial charge is 1.00 e. The Labute approximate surface area is 182 Å². The van der Waals surface area contributed by atoms with E-state index in [0.717, 1.165) is 18.5 Å². The van der Waals surface area contributed by atoms with Crippen LogP contribution in [0.25, 0.3) is 0 Å². The Hall–Kier alpha value is -0.764. The maximum Gasteiger partial charge on any atom is 1.00 e. The van der Waals surface area contributed by atoms with Gasteiger partial charge in [0.2, 0.25) is 5.91 Å². The molecule has 1 amide bonds. The van der Waals surface area contributed by atoms with Crippen molar-refractivity contribution >= 4 is 5.91 Å². The van der Waals surface area contributed by atoms with Crippen LogP contribution < -0.4 is 51.4 Å². The molecule has 0 atom stereocenters. The molecule has 0 aromatic heterocycles. The third kappa shape index (κ3) is 7.11. The van der Waals surface area contributed by atoms with Gasteiger partial charge in [-0.1, -0.05) is 32.0 Å². The fourth-order valence-electron chi connectivity index (χ4n) is 2.26. The van der Waals surface area contributed by atoms with Crippen molar-refractivity contribution in [3.63, 3.8) is 0 Å². The summed E-state index contributed by atoms with van der Waals surface area (Å²) >= 11 is 0. The van der Waals surface area contributed by atoms with Crippen molar-refractivity contribution in [2.24, 2.45) is 5.41 Å². The fourth-order valence-corrected chi connectivity index (χ4v) is 2.26. The van der Waals surface area contributed by atoms with Gasteiger partial charge >= 0.3 is 51.4 Å². The van der Waals surface area contributed by atoms with Crippen LogP contribution in [0, 0.1) is 30.4 Å². The number of hydrogen-bond donors (Lipinski definition) is 0. The minimum Gasteiger partial charge on any atom is -0.398 e. The van der Waals surface area contributed by atoms with Crippen LogP contribution in [0.2, 0.25) is 0 Å². The van der Waals surface area contributed by atoms with Crippen LogP contribution in [0.1, 0.15) is 32.3 Å². The van der Waals surface area contributed by atoms with E-state index < -0.39 is 0 Å². The van der Waals surface area contributed by atoms with Gasteiger partial charge in [-0.15, -0.1) is 12.5 Å². The number of nitrogens with zero attached hydrogens (tertiary/aromatic N) is 1. The van der Waals surface area contributed by atoms with E-state index in [0.29, 0.717) is 12.0 Å². The zero-order chi connectivity index (χ0) is 16.0. The summed E-state index contributed by atoms with van der Waals surface area (Å²) in [4.78, 5) is 13.7. The summed E-state index contributed by atoms with van der Waals surface area (Å²) < 4.78 is 0. The number of amides is 1. The molecule has 23 heavy (non-hydrogen) atoms. The molecule has 0 saturated carbocycles. The third-order valence-corrected chi connectivity index (χ3v) is 3.65. The van der Waals surface area contributed by atoms with E-state index in [4.69, 9.17) is 6.58 Å². The number of piperidine rings is 1. The second-order valence-corrected chi connectivity index (χ2v) is 6.26. The number of likely N-dealkylation sites (tertiary alicyclic amines) is 1. The molecule has 1 aliphatic heterocycles. The molecule has 0 aliphatic carbocycles. The molecule has 1 aromatic rings. The minimum absolute atomic E-state index is 0. The SMILES string of the molecule is [CH-]=C(C#Cc1ccccc1)/C=C\[CH-]N1CCC(C)(C)CC1=O.[K+]. The Morgan fingerprint density at radius 3 is 2.70 bits per heavy atom. The molecule has 2 nitrogen and oxygen atoms in total. The zero-order valence-electron chi connectivity index (χ0n) is 14.2. The Balaban J connectivity index is 0.00000264. The number of carbonyl (C=O) groups excluding carboxylic acids is 1. The van der Waals surface area contributed by atoms with E-state index >= 15 is 0 Å². The Morgan fingerprint density at radius 1 is 1.35 bits per heavy atom. The van der Waals surface area contributed by atoms with Crippen LogP contribution >= 0.6 is 0 Å². The molecule has 1 fully saturated rings. The van der Waals surface area contributed by atoms with E-state index in [1.165, 1.54) is 0 Å². The average Bonchev–Trinajstić information content (AvgIpc) is 2.48. The summed E-state index contributed by atoms with van der Waals surface area (Å²) in [6.45, 7) is 12.6. The number of hydrogen-bond acceptors (Lipinski definition) is 1. The van der Waals surface area contributed by atoms with Crippen LogP contribution in [0.3, 0.4) is 0 Å². The van der Waals surface area contributed by atoms with Crippen molar-refractivity contribution < 1.29 is 56.2 Å². The first kappa shape index (κ1) is 20.3. The predicted octanol–water partition coefficient (Wildman–Crippen LogP) is 0.768. The number of rotatable bonds is 3. The summed E-state index contributed by atoms with van der Waals surface area (Å²) in [6, 6.07) is 9.69. The number of allylic oxidation sites excluding steroid dienone is 2. The second kappa shape index (κ2) is 9.51. The molecule has 1 aromatic carbocycles. The monoisotopic (exact) mass is 330 g/mol. The van der Waals surface area contributed by atoms with Gasteiger partial charge in [0.1, 0.15) is 0 Å². The summed E-state index contributed by atoms with van der Waals surface area (Å²) in [5.41, 5.74) is 1.51. The van der Waals surface area contributed by atoms with Crippen LogP contribution in [-0.4, -0.2) is 17.4 Å². The number of carbonyl (C=O) groups is 1. The molecule has 0 spiro atoms. The standard InChI is InChI=1S/C20H21NO.K/c1-17(11-12-18-9-5-4-6-10-18)8-7-14-21-15-13-20(2,3)16-19(21)22;/h1,4-10,14H,13,15-16H2,2-3H3;/q-2;+1/b8-7-;. The van der Waals surface area contributed by atoms with Crippen LogP contribution in [0.15, 0.2) is 48.1 Å². The quantitative estimate of drug-likeness (QED) is 0.347. The molecule has 2 rings (SSSR count). The number of benzene rings is 1. The van der Waals surface area contributed by atoms with Crippen molar-refractivity contribution in [2.45, 2.75) is 26.7 Å². The molecular formula is C20H21KNO-. The van der Waals surface area contributed by atoms with Crippen molar-refractivity contribution in [2.75, 3.05) is 6.54 Å². The summed E-state index contributed by atoms with van der Waals surface area (Å²) in [6.07, 6.45) is 5.11. The van der Waals surface area contributed by atoms with Gasteiger partial charge in [0.05, 0.1) is 0 Å². The minimum atomic E-state index is 0. The normalized spacial score (nSPS) is 16.3. The molecule has 3 heteroatoms. The fraction of sp³-hybridized carbons (Fsp3) is 0.300. The molecule has 0 radical (unpaired) electrons. The van der Waals surface area contributed by atoms with Gasteiger partial charge in [0.15, 0.2) is 0 Å². The maximum atomic E-state index is 12.0. The summed E-state index contributed by atoms with van der Waals surface area (Å²) in [5, 5.41) is 0. The maximum absolute atomic E-state index is 12.0. The van der Waals surface area contributed by atoms with E-state index in [2.05, 4.69) is 25.7 Å². The average molecular weight is 330 g/mol. The van der Waals surface area contributed by atoms with Crippen molar-refractivity contribution in [3.8, 4) is 11.8 Å². The smallest absolute Gasteiger partial charge is 0.398 e. The molecule has 114 valence electrons. The van der Waals surface area contributed by atoms with E-state index in [1.54, 1.807) is 23.6 Å². The topological polar surface area (TPSA) is 20.3 Å². The van der Waals surface area contributed by atoms with E-state index in [1.807, 2.05) is 30.3 Å².